The molecule has 0 aromatic heterocycles. The van der Waals surface area contributed by atoms with E-state index in [9.17, 15) is 4.79 Å². The maximum Gasteiger partial charge on any atom is 0.313 e. The first-order chi connectivity index (χ1) is 8.49. The van der Waals surface area contributed by atoms with Crippen LogP contribution in [0.4, 0.5) is 4.79 Å². The Morgan fingerprint density at radius 2 is 2.28 bits per heavy atom. The topological polar surface area (TPSA) is 38.3 Å². The van der Waals surface area contributed by atoms with Crippen molar-refractivity contribution in [3.63, 3.8) is 0 Å². The van der Waals surface area contributed by atoms with E-state index < -0.39 is 5.37 Å². The molecule has 0 bridgehead atoms. The maximum atomic E-state index is 10.8. The predicted octanol–water partition coefficient (Wildman–Crippen LogP) is 3.24. The number of halogens is 1. The van der Waals surface area contributed by atoms with Crippen LogP contribution in [-0.4, -0.2) is 18.5 Å². The van der Waals surface area contributed by atoms with Crippen LogP contribution in [0.25, 0.3) is 0 Å². The number of aryl methyl sites for hydroxylation is 1. The van der Waals surface area contributed by atoms with Gasteiger partial charge in [0.25, 0.3) is 0 Å². The zero-order valence-corrected chi connectivity index (χ0v) is 11.5. The number of hydrogen-bond acceptors (Lipinski definition) is 2. The number of hydrogen-bond donors (Lipinski definition) is 1. The van der Waals surface area contributed by atoms with Crippen LogP contribution in [0.1, 0.15) is 31.4 Å². The number of amides is 1. The minimum atomic E-state index is -0.510. The van der Waals surface area contributed by atoms with Gasteiger partial charge in [-0.05, 0) is 41.6 Å². The van der Waals surface area contributed by atoms with Crippen molar-refractivity contribution < 1.29 is 9.53 Å². The average Bonchev–Trinajstić information content (AvgIpc) is 2.36. The summed E-state index contributed by atoms with van der Waals surface area (Å²) in [6.07, 6.45) is 2.12. The first-order valence-corrected chi connectivity index (χ1v) is 6.56. The van der Waals surface area contributed by atoms with E-state index in [1.807, 2.05) is 6.07 Å². The van der Waals surface area contributed by atoms with E-state index in [0.717, 1.165) is 25.2 Å². The summed E-state index contributed by atoms with van der Waals surface area (Å²) in [5.41, 5.74) is 2.30. The van der Waals surface area contributed by atoms with Crippen molar-refractivity contribution in [1.82, 2.24) is 5.32 Å². The zero-order chi connectivity index (χ0) is 13.2. The van der Waals surface area contributed by atoms with E-state index in [-0.39, 0.29) is 5.41 Å². The highest BCUT2D eigenvalue weighted by Gasteiger charge is 2.23. The number of rotatable bonds is 3. The second-order valence-corrected chi connectivity index (χ2v) is 5.63. The molecule has 1 heterocycles. The molecule has 4 heteroatoms. The zero-order valence-electron chi connectivity index (χ0n) is 10.8. The Labute approximate surface area is 112 Å². The monoisotopic (exact) mass is 267 g/mol. The summed E-state index contributed by atoms with van der Waals surface area (Å²) in [6.45, 7) is 5.50. The van der Waals surface area contributed by atoms with Crippen LogP contribution >= 0.6 is 11.6 Å². The lowest BCUT2D eigenvalue weighted by Gasteiger charge is -2.27. The standard InChI is InChI=1S/C14H18ClNO2/c1-14(2,9-16-13(15)17)11-5-6-12-10(8-11)4-3-7-18-12/h5-6,8H,3-4,7,9H2,1-2H3,(H,16,17). The quantitative estimate of drug-likeness (QED) is 0.674. The molecule has 1 N–H and O–H groups in total. The normalized spacial score (nSPS) is 14.6. The van der Waals surface area contributed by atoms with Crippen LogP contribution in [0.2, 0.25) is 0 Å². The molecule has 3 nitrogen and oxygen atoms in total. The maximum absolute atomic E-state index is 10.8. The van der Waals surface area contributed by atoms with Gasteiger partial charge in [0.05, 0.1) is 6.61 Å². The van der Waals surface area contributed by atoms with Crippen molar-refractivity contribution in [2.45, 2.75) is 32.1 Å². The molecule has 1 amide bonds. The van der Waals surface area contributed by atoms with Gasteiger partial charge in [-0.3, -0.25) is 4.79 Å². The van der Waals surface area contributed by atoms with Crippen molar-refractivity contribution in [2.75, 3.05) is 13.2 Å². The van der Waals surface area contributed by atoms with Crippen molar-refractivity contribution in [2.24, 2.45) is 0 Å². The summed E-state index contributed by atoms with van der Waals surface area (Å²) in [7, 11) is 0. The van der Waals surface area contributed by atoms with Crippen LogP contribution in [0.5, 0.6) is 5.75 Å². The van der Waals surface area contributed by atoms with Crippen LogP contribution < -0.4 is 10.1 Å². The van der Waals surface area contributed by atoms with Gasteiger partial charge in [-0.1, -0.05) is 26.0 Å². The summed E-state index contributed by atoms with van der Waals surface area (Å²) >= 11 is 5.32. The molecule has 2 rings (SSSR count). The lowest BCUT2D eigenvalue weighted by atomic mass is 9.83. The second kappa shape index (κ2) is 5.19. The highest BCUT2D eigenvalue weighted by Crippen LogP contribution is 2.30. The predicted molar refractivity (Wildman–Crippen MR) is 72.5 cm³/mol. The van der Waals surface area contributed by atoms with E-state index in [4.69, 9.17) is 16.3 Å². The lowest BCUT2D eigenvalue weighted by molar-refractivity contribution is 0.257. The third-order valence-electron chi connectivity index (χ3n) is 3.36. The van der Waals surface area contributed by atoms with Crippen molar-refractivity contribution in [3.8, 4) is 5.75 Å². The molecule has 0 spiro atoms. The molecule has 98 valence electrons. The molecule has 0 aliphatic carbocycles. The molecule has 18 heavy (non-hydrogen) atoms. The molecule has 0 radical (unpaired) electrons. The fraction of sp³-hybridized carbons (Fsp3) is 0.500. The molecule has 0 fully saturated rings. The van der Waals surface area contributed by atoms with Crippen molar-refractivity contribution >= 4 is 17.0 Å². The third-order valence-corrected chi connectivity index (χ3v) is 3.49. The smallest absolute Gasteiger partial charge is 0.313 e. The van der Waals surface area contributed by atoms with Crippen LogP contribution in [0, 0.1) is 0 Å². The Hall–Kier alpha value is -1.22. The first-order valence-electron chi connectivity index (χ1n) is 6.18. The Balaban J connectivity index is 2.19. The Morgan fingerprint density at radius 3 is 3.00 bits per heavy atom. The van der Waals surface area contributed by atoms with Crippen LogP contribution in [-0.2, 0) is 11.8 Å². The molecule has 1 aliphatic rings. The molecule has 0 unspecified atom stereocenters. The van der Waals surface area contributed by atoms with E-state index >= 15 is 0 Å². The number of benzene rings is 1. The number of carbonyl (C=O) groups is 1. The summed E-state index contributed by atoms with van der Waals surface area (Å²) in [4.78, 5) is 10.8. The van der Waals surface area contributed by atoms with Gasteiger partial charge in [0.15, 0.2) is 0 Å². The lowest BCUT2D eigenvalue weighted by Crippen LogP contribution is -2.34. The number of fused-ring (bicyclic) bond motifs is 1. The molecule has 1 aliphatic heterocycles. The minimum Gasteiger partial charge on any atom is -0.493 e. The SMILES string of the molecule is CC(C)(CNC(=O)Cl)c1ccc2c(c1)CCCO2. The highest BCUT2D eigenvalue weighted by molar-refractivity contribution is 6.62. The highest BCUT2D eigenvalue weighted by atomic mass is 35.5. The molecule has 0 saturated carbocycles. The summed E-state index contributed by atoms with van der Waals surface area (Å²) < 4.78 is 5.60. The van der Waals surface area contributed by atoms with Crippen LogP contribution in [0.3, 0.4) is 0 Å². The minimum absolute atomic E-state index is 0.142. The number of nitrogens with one attached hydrogen (secondary N) is 1. The molecule has 1 aromatic carbocycles. The third kappa shape index (κ3) is 2.96. The van der Waals surface area contributed by atoms with Gasteiger partial charge in [-0.2, -0.15) is 0 Å². The molecular weight excluding hydrogens is 250 g/mol. The first kappa shape index (κ1) is 13.2. The molecule has 0 atom stereocenters. The fourth-order valence-corrected chi connectivity index (χ4v) is 2.24. The fourth-order valence-electron chi connectivity index (χ4n) is 2.17. The Morgan fingerprint density at radius 1 is 1.50 bits per heavy atom. The number of carbonyl (C=O) groups excluding carboxylic acids is 1. The van der Waals surface area contributed by atoms with Crippen LogP contribution in [0.15, 0.2) is 18.2 Å². The molecule has 0 saturated heterocycles. The van der Waals surface area contributed by atoms with Crippen molar-refractivity contribution in [1.29, 1.82) is 0 Å². The van der Waals surface area contributed by atoms with Gasteiger partial charge in [0.1, 0.15) is 5.75 Å². The average molecular weight is 268 g/mol. The van der Waals surface area contributed by atoms with Gasteiger partial charge in [0.2, 0.25) is 0 Å². The van der Waals surface area contributed by atoms with E-state index in [1.165, 1.54) is 11.1 Å². The largest absolute Gasteiger partial charge is 0.493 e. The van der Waals surface area contributed by atoms with Gasteiger partial charge in [-0.25, -0.2) is 0 Å². The van der Waals surface area contributed by atoms with E-state index in [1.54, 1.807) is 0 Å². The van der Waals surface area contributed by atoms with Gasteiger partial charge in [0, 0.05) is 12.0 Å². The Bertz CT molecular complexity index is 457. The summed E-state index contributed by atoms with van der Waals surface area (Å²) in [5, 5.41) is 2.15. The summed E-state index contributed by atoms with van der Waals surface area (Å²) in [5.74, 6) is 0.988. The summed E-state index contributed by atoms with van der Waals surface area (Å²) in [6, 6.07) is 6.26. The number of ether oxygens (including phenoxy) is 1. The van der Waals surface area contributed by atoms with Crippen molar-refractivity contribution in [3.05, 3.63) is 29.3 Å². The Kier molecular flexibility index (Phi) is 3.81. The van der Waals surface area contributed by atoms with Gasteiger partial charge < -0.3 is 10.1 Å². The van der Waals surface area contributed by atoms with Gasteiger partial charge in [-0.15, -0.1) is 0 Å². The second-order valence-electron chi connectivity index (χ2n) is 5.29. The molecular formula is C14H18ClNO2. The van der Waals surface area contributed by atoms with E-state index in [2.05, 4.69) is 31.3 Å². The molecule has 1 aromatic rings. The van der Waals surface area contributed by atoms with E-state index in [0.29, 0.717) is 6.54 Å². The van der Waals surface area contributed by atoms with Gasteiger partial charge >= 0.3 is 5.37 Å².